The standard InChI is InChI=1S/C15H18N4O/c1-10(7-11-5-3-2-4-6-11)19-14-8-12(15(17)20)13(16)9-18-14/h2-6,8-10H,7,16H2,1H3,(H2,17,20)(H,18,19). The maximum absolute atomic E-state index is 11.2. The highest BCUT2D eigenvalue weighted by atomic mass is 16.1. The Kier molecular flexibility index (Phi) is 4.20. The van der Waals surface area contributed by atoms with Crippen molar-refractivity contribution < 1.29 is 4.79 Å². The van der Waals surface area contributed by atoms with Crippen molar-refractivity contribution in [3.8, 4) is 0 Å². The molecular weight excluding hydrogens is 252 g/mol. The number of anilines is 2. The summed E-state index contributed by atoms with van der Waals surface area (Å²) in [4.78, 5) is 15.4. The van der Waals surface area contributed by atoms with Gasteiger partial charge in [0.1, 0.15) is 5.82 Å². The fourth-order valence-corrected chi connectivity index (χ4v) is 2.03. The second-order valence-corrected chi connectivity index (χ2v) is 4.76. The normalized spacial score (nSPS) is 11.8. The second-order valence-electron chi connectivity index (χ2n) is 4.76. The lowest BCUT2D eigenvalue weighted by Crippen LogP contribution is -2.20. The van der Waals surface area contributed by atoms with E-state index in [1.54, 1.807) is 6.07 Å². The van der Waals surface area contributed by atoms with Crippen molar-refractivity contribution in [2.45, 2.75) is 19.4 Å². The number of nitrogen functional groups attached to an aromatic ring is 1. The van der Waals surface area contributed by atoms with Gasteiger partial charge in [0.15, 0.2) is 0 Å². The Hall–Kier alpha value is -2.56. The maximum atomic E-state index is 11.2. The average molecular weight is 270 g/mol. The summed E-state index contributed by atoms with van der Waals surface area (Å²) in [7, 11) is 0. The van der Waals surface area contributed by atoms with Crippen molar-refractivity contribution in [2.75, 3.05) is 11.1 Å². The van der Waals surface area contributed by atoms with E-state index in [0.29, 0.717) is 11.5 Å². The Labute approximate surface area is 118 Å². The van der Waals surface area contributed by atoms with Gasteiger partial charge in [0.25, 0.3) is 5.91 Å². The zero-order valence-electron chi connectivity index (χ0n) is 11.3. The van der Waals surface area contributed by atoms with Crippen LogP contribution in [0.25, 0.3) is 0 Å². The molecule has 0 aliphatic heterocycles. The number of primary amides is 1. The van der Waals surface area contributed by atoms with Crippen molar-refractivity contribution in [1.82, 2.24) is 4.98 Å². The van der Waals surface area contributed by atoms with Gasteiger partial charge in [0.2, 0.25) is 0 Å². The van der Waals surface area contributed by atoms with E-state index in [0.717, 1.165) is 6.42 Å². The summed E-state index contributed by atoms with van der Waals surface area (Å²) < 4.78 is 0. The molecule has 5 N–H and O–H groups in total. The molecule has 1 heterocycles. The number of amides is 1. The van der Waals surface area contributed by atoms with E-state index in [9.17, 15) is 4.79 Å². The molecule has 104 valence electrons. The number of carbonyl (C=O) groups is 1. The first kappa shape index (κ1) is 13.9. The molecule has 1 aromatic heterocycles. The van der Waals surface area contributed by atoms with Crippen LogP contribution in [0.15, 0.2) is 42.6 Å². The minimum absolute atomic E-state index is 0.175. The van der Waals surface area contributed by atoms with Gasteiger partial charge in [0.05, 0.1) is 17.4 Å². The van der Waals surface area contributed by atoms with E-state index in [-0.39, 0.29) is 11.6 Å². The minimum atomic E-state index is -0.552. The van der Waals surface area contributed by atoms with Crippen LogP contribution in [-0.2, 0) is 6.42 Å². The van der Waals surface area contributed by atoms with Crippen LogP contribution in [0.4, 0.5) is 11.5 Å². The summed E-state index contributed by atoms with van der Waals surface area (Å²) in [5.74, 6) is 0.0418. The van der Waals surface area contributed by atoms with Gasteiger partial charge in [-0.05, 0) is 25.0 Å². The first-order chi connectivity index (χ1) is 9.56. The topological polar surface area (TPSA) is 94.0 Å². The second kappa shape index (κ2) is 6.06. The van der Waals surface area contributed by atoms with E-state index in [2.05, 4.69) is 29.4 Å². The first-order valence-electron chi connectivity index (χ1n) is 6.42. The number of hydrogen-bond acceptors (Lipinski definition) is 4. The van der Waals surface area contributed by atoms with Gasteiger partial charge in [-0.15, -0.1) is 0 Å². The Bertz CT molecular complexity index is 598. The third-order valence-corrected chi connectivity index (χ3v) is 2.98. The van der Waals surface area contributed by atoms with Crippen LogP contribution >= 0.6 is 0 Å². The predicted molar refractivity (Wildman–Crippen MR) is 80.4 cm³/mol. The van der Waals surface area contributed by atoms with E-state index in [1.165, 1.54) is 11.8 Å². The number of benzene rings is 1. The van der Waals surface area contributed by atoms with Gasteiger partial charge in [-0.25, -0.2) is 4.98 Å². The lowest BCUT2D eigenvalue weighted by molar-refractivity contribution is 0.100. The van der Waals surface area contributed by atoms with Crippen molar-refractivity contribution in [1.29, 1.82) is 0 Å². The summed E-state index contributed by atoms with van der Waals surface area (Å²) in [6.07, 6.45) is 2.30. The molecule has 0 saturated heterocycles. The molecule has 2 aromatic rings. The summed E-state index contributed by atoms with van der Waals surface area (Å²) in [5, 5.41) is 3.24. The van der Waals surface area contributed by atoms with Gasteiger partial charge in [-0.2, -0.15) is 0 Å². The lowest BCUT2D eigenvalue weighted by Gasteiger charge is -2.15. The number of rotatable bonds is 5. The predicted octanol–water partition coefficient (Wildman–Crippen LogP) is 1.81. The highest BCUT2D eigenvalue weighted by Crippen LogP contribution is 2.15. The zero-order chi connectivity index (χ0) is 14.5. The fourth-order valence-electron chi connectivity index (χ4n) is 2.03. The van der Waals surface area contributed by atoms with Crippen LogP contribution in [0.2, 0.25) is 0 Å². The number of nitrogens with zero attached hydrogens (tertiary/aromatic N) is 1. The number of hydrogen-bond donors (Lipinski definition) is 3. The molecule has 0 aliphatic rings. The van der Waals surface area contributed by atoms with Crippen LogP contribution in [0.3, 0.4) is 0 Å². The first-order valence-corrected chi connectivity index (χ1v) is 6.42. The fraction of sp³-hybridized carbons (Fsp3) is 0.200. The molecule has 20 heavy (non-hydrogen) atoms. The number of nitrogens with one attached hydrogen (secondary N) is 1. The summed E-state index contributed by atoms with van der Waals surface area (Å²) >= 11 is 0. The molecule has 0 saturated carbocycles. The van der Waals surface area contributed by atoms with Gasteiger partial charge < -0.3 is 16.8 Å². The lowest BCUT2D eigenvalue weighted by atomic mass is 10.1. The van der Waals surface area contributed by atoms with E-state index >= 15 is 0 Å². The van der Waals surface area contributed by atoms with E-state index < -0.39 is 5.91 Å². The molecule has 5 nitrogen and oxygen atoms in total. The SMILES string of the molecule is CC(Cc1ccccc1)Nc1cc(C(N)=O)c(N)cn1. The molecule has 0 spiro atoms. The van der Waals surface area contributed by atoms with Crippen LogP contribution in [-0.4, -0.2) is 16.9 Å². The monoisotopic (exact) mass is 270 g/mol. The summed E-state index contributed by atoms with van der Waals surface area (Å²) in [6, 6.07) is 11.9. The Balaban J connectivity index is 2.06. The molecule has 1 aromatic carbocycles. The smallest absolute Gasteiger partial charge is 0.250 e. The third-order valence-electron chi connectivity index (χ3n) is 2.98. The Morgan fingerprint density at radius 3 is 2.70 bits per heavy atom. The van der Waals surface area contributed by atoms with Gasteiger partial charge in [-0.1, -0.05) is 30.3 Å². The van der Waals surface area contributed by atoms with E-state index in [4.69, 9.17) is 11.5 Å². The van der Waals surface area contributed by atoms with Crippen molar-refractivity contribution in [2.24, 2.45) is 5.73 Å². The van der Waals surface area contributed by atoms with Gasteiger partial charge >= 0.3 is 0 Å². The van der Waals surface area contributed by atoms with Crippen molar-refractivity contribution >= 4 is 17.4 Å². The van der Waals surface area contributed by atoms with Crippen molar-refractivity contribution in [3.05, 3.63) is 53.7 Å². The van der Waals surface area contributed by atoms with Crippen LogP contribution in [0, 0.1) is 0 Å². The maximum Gasteiger partial charge on any atom is 0.250 e. The number of aromatic nitrogens is 1. The largest absolute Gasteiger partial charge is 0.397 e. The zero-order valence-corrected chi connectivity index (χ0v) is 11.3. The van der Waals surface area contributed by atoms with E-state index in [1.807, 2.05) is 18.2 Å². The molecule has 0 bridgehead atoms. The van der Waals surface area contributed by atoms with Gasteiger partial charge in [0, 0.05) is 6.04 Å². The molecule has 0 radical (unpaired) electrons. The minimum Gasteiger partial charge on any atom is -0.397 e. The molecule has 1 amide bonds. The third kappa shape index (κ3) is 3.47. The van der Waals surface area contributed by atoms with Crippen LogP contribution in [0.1, 0.15) is 22.8 Å². The molecule has 0 fully saturated rings. The molecule has 0 aliphatic carbocycles. The summed E-state index contributed by atoms with van der Waals surface area (Å²) in [5.41, 5.74) is 12.7. The summed E-state index contributed by atoms with van der Waals surface area (Å²) in [6.45, 7) is 2.05. The van der Waals surface area contributed by atoms with Crippen LogP contribution in [0.5, 0.6) is 0 Å². The Morgan fingerprint density at radius 1 is 1.35 bits per heavy atom. The van der Waals surface area contributed by atoms with Gasteiger partial charge in [-0.3, -0.25) is 4.79 Å². The molecule has 2 rings (SSSR count). The van der Waals surface area contributed by atoms with Crippen molar-refractivity contribution in [3.63, 3.8) is 0 Å². The highest BCUT2D eigenvalue weighted by molar-refractivity contribution is 5.98. The average Bonchev–Trinajstić information content (AvgIpc) is 2.41. The molecule has 1 atom stereocenters. The number of pyridine rings is 1. The Morgan fingerprint density at radius 2 is 2.05 bits per heavy atom. The number of carbonyl (C=O) groups excluding carboxylic acids is 1. The number of nitrogens with two attached hydrogens (primary N) is 2. The van der Waals surface area contributed by atoms with Crippen LogP contribution < -0.4 is 16.8 Å². The highest BCUT2D eigenvalue weighted by Gasteiger charge is 2.10. The molecule has 1 unspecified atom stereocenters. The molecular formula is C15H18N4O. The molecule has 5 heteroatoms. The quantitative estimate of drug-likeness (QED) is 0.772.